The minimum atomic E-state index is 0.374. The van der Waals surface area contributed by atoms with Crippen molar-refractivity contribution < 1.29 is 4.74 Å². The Kier molecular flexibility index (Phi) is 2.74. The first-order valence-electron chi connectivity index (χ1n) is 6.45. The van der Waals surface area contributed by atoms with Crippen molar-refractivity contribution in [3.63, 3.8) is 0 Å². The minimum Gasteiger partial charge on any atom is -0.378 e. The molecule has 0 bridgehead atoms. The Balaban J connectivity index is 2.01. The van der Waals surface area contributed by atoms with Gasteiger partial charge in [-0.1, -0.05) is 6.92 Å². The molecule has 0 amide bonds. The largest absolute Gasteiger partial charge is 0.378 e. The SMILES string of the molecule is CCc1nc2ccn(C)c2cc1N1CC(OC)C1. The molecule has 96 valence electrons. The van der Waals surface area contributed by atoms with Gasteiger partial charge >= 0.3 is 0 Å². The molecule has 0 unspecified atom stereocenters. The zero-order valence-corrected chi connectivity index (χ0v) is 11.2. The zero-order valence-electron chi connectivity index (χ0n) is 11.2. The van der Waals surface area contributed by atoms with Gasteiger partial charge in [0.05, 0.1) is 28.5 Å². The number of nitrogens with zero attached hydrogens (tertiary/aromatic N) is 3. The molecule has 0 spiro atoms. The highest BCUT2D eigenvalue weighted by Crippen LogP contribution is 2.29. The van der Waals surface area contributed by atoms with Crippen molar-refractivity contribution >= 4 is 16.7 Å². The third-order valence-electron chi connectivity index (χ3n) is 3.78. The van der Waals surface area contributed by atoms with E-state index in [4.69, 9.17) is 9.72 Å². The fraction of sp³-hybridized carbons (Fsp3) is 0.500. The lowest BCUT2D eigenvalue weighted by atomic mass is 10.1. The Morgan fingerprint density at radius 1 is 1.44 bits per heavy atom. The number of hydrogen-bond donors (Lipinski definition) is 0. The van der Waals surface area contributed by atoms with Crippen LogP contribution in [0.4, 0.5) is 5.69 Å². The smallest absolute Gasteiger partial charge is 0.0920 e. The van der Waals surface area contributed by atoms with Crippen molar-refractivity contribution in [1.82, 2.24) is 9.55 Å². The van der Waals surface area contributed by atoms with Gasteiger partial charge in [-0.25, -0.2) is 4.98 Å². The molecule has 3 rings (SSSR count). The van der Waals surface area contributed by atoms with Gasteiger partial charge in [0.1, 0.15) is 0 Å². The van der Waals surface area contributed by atoms with Crippen LogP contribution in [0.1, 0.15) is 12.6 Å². The van der Waals surface area contributed by atoms with Crippen molar-refractivity contribution in [3.8, 4) is 0 Å². The number of aromatic nitrogens is 2. The van der Waals surface area contributed by atoms with Gasteiger partial charge in [0.25, 0.3) is 0 Å². The predicted octanol–water partition coefficient (Wildman–Crippen LogP) is 1.97. The van der Waals surface area contributed by atoms with E-state index in [9.17, 15) is 0 Å². The Hall–Kier alpha value is -1.55. The van der Waals surface area contributed by atoms with Crippen LogP contribution in [0.25, 0.3) is 11.0 Å². The summed E-state index contributed by atoms with van der Waals surface area (Å²) in [5, 5.41) is 0. The Morgan fingerprint density at radius 2 is 2.22 bits per heavy atom. The van der Waals surface area contributed by atoms with Crippen LogP contribution in [0.3, 0.4) is 0 Å². The van der Waals surface area contributed by atoms with E-state index in [1.165, 1.54) is 16.9 Å². The third kappa shape index (κ3) is 1.68. The fourth-order valence-corrected chi connectivity index (χ4v) is 2.53. The van der Waals surface area contributed by atoms with E-state index in [-0.39, 0.29) is 0 Å². The molecule has 1 fully saturated rings. The van der Waals surface area contributed by atoms with E-state index >= 15 is 0 Å². The summed E-state index contributed by atoms with van der Waals surface area (Å²) in [6.07, 6.45) is 3.40. The number of fused-ring (bicyclic) bond motifs is 1. The Labute approximate surface area is 107 Å². The van der Waals surface area contributed by atoms with Crippen molar-refractivity contribution in [2.75, 3.05) is 25.1 Å². The molecule has 2 aromatic heterocycles. The molecule has 4 nitrogen and oxygen atoms in total. The number of ether oxygens (including phenoxy) is 1. The lowest BCUT2D eigenvalue weighted by Gasteiger charge is -2.40. The van der Waals surface area contributed by atoms with Crippen LogP contribution in [0, 0.1) is 0 Å². The highest BCUT2D eigenvalue weighted by atomic mass is 16.5. The summed E-state index contributed by atoms with van der Waals surface area (Å²) in [6.45, 7) is 4.11. The molecule has 0 atom stereocenters. The van der Waals surface area contributed by atoms with Gasteiger partial charge in [0.2, 0.25) is 0 Å². The molecule has 18 heavy (non-hydrogen) atoms. The fourth-order valence-electron chi connectivity index (χ4n) is 2.53. The summed E-state index contributed by atoms with van der Waals surface area (Å²) in [4.78, 5) is 7.12. The van der Waals surface area contributed by atoms with Gasteiger partial charge in [0.15, 0.2) is 0 Å². The first kappa shape index (κ1) is 11.5. The van der Waals surface area contributed by atoms with Gasteiger partial charge < -0.3 is 14.2 Å². The van der Waals surface area contributed by atoms with E-state index in [2.05, 4.69) is 41.8 Å². The molecule has 1 saturated heterocycles. The van der Waals surface area contributed by atoms with Crippen LogP contribution in [-0.2, 0) is 18.2 Å². The lowest BCUT2D eigenvalue weighted by molar-refractivity contribution is 0.0786. The van der Waals surface area contributed by atoms with Crippen molar-refractivity contribution in [1.29, 1.82) is 0 Å². The van der Waals surface area contributed by atoms with Crippen LogP contribution in [0.2, 0.25) is 0 Å². The standard InChI is InChI=1S/C14H19N3O/c1-4-11-14(17-8-10(9-17)18-3)7-13-12(15-11)5-6-16(13)2/h5-7,10H,4,8-9H2,1-3H3. The van der Waals surface area contributed by atoms with Crippen molar-refractivity contribution in [2.24, 2.45) is 7.05 Å². The van der Waals surface area contributed by atoms with E-state index < -0.39 is 0 Å². The molecule has 1 aliphatic heterocycles. The zero-order chi connectivity index (χ0) is 12.7. The summed E-state index contributed by atoms with van der Waals surface area (Å²) in [6, 6.07) is 4.33. The quantitative estimate of drug-likeness (QED) is 0.828. The maximum atomic E-state index is 5.34. The van der Waals surface area contributed by atoms with Gasteiger partial charge in [-0.3, -0.25) is 0 Å². The summed E-state index contributed by atoms with van der Waals surface area (Å²) in [5.41, 5.74) is 4.73. The molecule has 3 heterocycles. The van der Waals surface area contributed by atoms with Crippen LogP contribution < -0.4 is 4.90 Å². The van der Waals surface area contributed by atoms with Gasteiger partial charge in [-0.05, 0) is 18.6 Å². The second-order valence-electron chi connectivity index (χ2n) is 4.90. The van der Waals surface area contributed by atoms with Crippen molar-refractivity contribution in [3.05, 3.63) is 24.0 Å². The second kappa shape index (κ2) is 4.28. The summed E-state index contributed by atoms with van der Waals surface area (Å²) < 4.78 is 7.46. The minimum absolute atomic E-state index is 0.374. The predicted molar refractivity (Wildman–Crippen MR) is 73.1 cm³/mol. The number of methoxy groups -OCH3 is 1. The third-order valence-corrected chi connectivity index (χ3v) is 3.78. The van der Waals surface area contributed by atoms with Crippen molar-refractivity contribution in [2.45, 2.75) is 19.4 Å². The molecule has 0 saturated carbocycles. The highest BCUT2D eigenvalue weighted by Gasteiger charge is 2.28. The molecule has 0 aliphatic carbocycles. The number of aryl methyl sites for hydroxylation is 2. The summed E-state index contributed by atoms with van der Waals surface area (Å²) in [5.74, 6) is 0. The van der Waals surface area contributed by atoms with E-state index in [1.807, 2.05) is 0 Å². The maximum Gasteiger partial charge on any atom is 0.0920 e. The van der Waals surface area contributed by atoms with Crippen LogP contribution >= 0.6 is 0 Å². The molecule has 0 N–H and O–H groups in total. The number of rotatable bonds is 3. The second-order valence-corrected chi connectivity index (χ2v) is 4.90. The molecule has 1 aliphatic rings. The van der Waals surface area contributed by atoms with Crippen LogP contribution in [0.15, 0.2) is 18.3 Å². The Morgan fingerprint density at radius 3 is 2.89 bits per heavy atom. The van der Waals surface area contributed by atoms with E-state index in [0.717, 1.165) is 25.0 Å². The van der Waals surface area contributed by atoms with Crippen LogP contribution in [-0.4, -0.2) is 35.9 Å². The molecular formula is C14H19N3O. The molecule has 4 heteroatoms. The lowest BCUT2D eigenvalue weighted by Crippen LogP contribution is -2.52. The normalized spacial score (nSPS) is 16.3. The Bertz CT molecular complexity index is 570. The number of pyridine rings is 1. The summed E-state index contributed by atoms with van der Waals surface area (Å²) >= 11 is 0. The van der Waals surface area contributed by atoms with E-state index in [1.54, 1.807) is 7.11 Å². The van der Waals surface area contributed by atoms with E-state index in [0.29, 0.717) is 6.10 Å². The maximum absolute atomic E-state index is 5.34. The average Bonchev–Trinajstić information content (AvgIpc) is 2.68. The topological polar surface area (TPSA) is 30.3 Å². The van der Waals surface area contributed by atoms with Crippen LogP contribution in [0.5, 0.6) is 0 Å². The molecular weight excluding hydrogens is 226 g/mol. The number of anilines is 1. The number of hydrogen-bond acceptors (Lipinski definition) is 3. The monoisotopic (exact) mass is 245 g/mol. The molecule has 0 aromatic carbocycles. The van der Waals surface area contributed by atoms with Gasteiger partial charge in [-0.15, -0.1) is 0 Å². The average molecular weight is 245 g/mol. The summed E-state index contributed by atoms with van der Waals surface area (Å²) in [7, 11) is 3.84. The highest BCUT2D eigenvalue weighted by molar-refractivity contribution is 5.81. The van der Waals surface area contributed by atoms with Gasteiger partial charge in [0, 0.05) is 33.4 Å². The molecule has 2 aromatic rings. The molecule has 0 radical (unpaired) electrons. The first-order chi connectivity index (χ1) is 8.72. The first-order valence-corrected chi connectivity index (χ1v) is 6.45. The van der Waals surface area contributed by atoms with Gasteiger partial charge in [-0.2, -0.15) is 0 Å².